The van der Waals surface area contributed by atoms with Gasteiger partial charge in [0.25, 0.3) is 0 Å². The lowest BCUT2D eigenvalue weighted by atomic mass is 10.2. The Morgan fingerprint density at radius 3 is 2.59 bits per heavy atom. The molecule has 0 spiro atoms. The summed E-state index contributed by atoms with van der Waals surface area (Å²) >= 11 is 1.72. The highest BCUT2D eigenvalue weighted by Gasteiger charge is 2.14. The van der Waals surface area contributed by atoms with Gasteiger partial charge in [-0.3, -0.25) is 4.90 Å². The molecule has 0 atom stereocenters. The molecule has 136 valence electrons. The van der Waals surface area contributed by atoms with Crippen LogP contribution in [0.15, 0.2) is 53.6 Å². The average Bonchev–Trinajstić information content (AvgIpc) is 2.73. The standard InChI is InChI=1S/C21H20N4OS/c22-13-16-5-7-17(8-6-16)15-27-21-18-3-1-2-4-19(18)23-20(24-21)14-25-9-11-26-12-10-25/h1-8H,9-12,14-15H2. The van der Waals surface area contributed by atoms with Crippen molar-refractivity contribution in [1.82, 2.24) is 14.9 Å². The van der Waals surface area contributed by atoms with Crippen molar-refractivity contribution in [2.24, 2.45) is 0 Å². The highest BCUT2D eigenvalue weighted by molar-refractivity contribution is 7.98. The Balaban J connectivity index is 1.56. The Hall–Kier alpha value is -2.46. The van der Waals surface area contributed by atoms with Crippen LogP contribution in [0.4, 0.5) is 0 Å². The summed E-state index contributed by atoms with van der Waals surface area (Å²) in [6, 6.07) is 18.1. The highest BCUT2D eigenvalue weighted by atomic mass is 32.2. The lowest BCUT2D eigenvalue weighted by Gasteiger charge is -2.25. The lowest BCUT2D eigenvalue weighted by molar-refractivity contribution is 0.0330. The third-order valence-corrected chi connectivity index (χ3v) is 5.60. The summed E-state index contributed by atoms with van der Waals surface area (Å²) in [6.07, 6.45) is 0. The number of morpholine rings is 1. The summed E-state index contributed by atoms with van der Waals surface area (Å²) < 4.78 is 5.43. The fourth-order valence-electron chi connectivity index (χ4n) is 3.06. The second kappa shape index (κ2) is 8.49. The molecular weight excluding hydrogens is 356 g/mol. The van der Waals surface area contributed by atoms with Crippen molar-refractivity contribution < 1.29 is 4.74 Å². The van der Waals surface area contributed by atoms with E-state index in [1.807, 2.05) is 42.5 Å². The van der Waals surface area contributed by atoms with Gasteiger partial charge in [0, 0.05) is 24.2 Å². The molecule has 1 aliphatic heterocycles. The maximum atomic E-state index is 8.94. The van der Waals surface area contributed by atoms with Crippen LogP contribution < -0.4 is 0 Å². The number of rotatable bonds is 5. The van der Waals surface area contributed by atoms with Crippen molar-refractivity contribution in [1.29, 1.82) is 5.26 Å². The number of nitrogens with zero attached hydrogens (tertiary/aromatic N) is 4. The second-order valence-corrected chi connectivity index (χ2v) is 7.41. The van der Waals surface area contributed by atoms with E-state index in [1.165, 1.54) is 5.56 Å². The summed E-state index contributed by atoms with van der Waals surface area (Å²) in [6.45, 7) is 4.13. The molecule has 0 unspecified atom stereocenters. The molecule has 1 fully saturated rings. The first-order valence-electron chi connectivity index (χ1n) is 8.99. The van der Waals surface area contributed by atoms with Gasteiger partial charge >= 0.3 is 0 Å². The number of para-hydroxylation sites is 1. The number of fused-ring (bicyclic) bond motifs is 1. The van der Waals surface area contributed by atoms with E-state index in [2.05, 4.69) is 17.0 Å². The van der Waals surface area contributed by atoms with Crippen LogP contribution in [0.3, 0.4) is 0 Å². The van der Waals surface area contributed by atoms with Crippen LogP contribution in [-0.4, -0.2) is 41.2 Å². The first kappa shape index (κ1) is 17.9. The molecule has 0 saturated carbocycles. The summed E-state index contributed by atoms with van der Waals surface area (Å²) in [5.74, 6) is 1.67. The molecule has 1 saturated heterocycles. The average molecular weight is 376 g/mol. The van der Waals surface area contributed by atoms with Crippen molar-refractivity contribution >= 4 is 22.7 Å². The first-order chi connectivity index (χ1) is 13.3. The van der Waals surface area contributed by atoms with E-state index in [0.717, 1.165) is 60.4 Å². The minimum Gasteiger partial charge on any atom is -0.379 e. The number of hydrogen-bond donors (Lipinski definition) is 0. The van der Waals surface area contributed by atoms with Gasteiger partial charge in [-0.2, -0.15) is 5.26 Å². The predicted octanol–water partition coefficient (Wildman–Crippen LogP) is 3.63. The topological polar surface area (TPSA) is 62.0 Å². The minimum atomic E-state index is 0.684. The Labute approximate surface area is 163 Å². The Morgan fingerprint density at radius 2 is 1.81 bits per heavy atom. The maximum absolute atomic E-state index is 8.94. The van der Waals surface area contributed by atoms with Gasteiger partial charge in [0.1, 0.15) is 10.9 Å². The van der Waals surface area contributed by atoms with E-state index in [1.54, 1.807) is 11.8 Å². The van der Waals surface area contributed by atoms with E-state index < -0.39 is 0 Å². The molecule has 6 heteroatoms. The van der Waals surface area contributed by atoms with E-state index in [-0.39, 0.29) is 0 Å². The van der Waals surface area contributed by atoms with Crippen LogP contribution in [0, 0.1) is 11.3 Å². The zero-order chi connectivity index (χ0) is 18.5. The van der Waals surface area contributed by atoms with Crippen LogP contribution in [0.25, 0.3) is 10.9 Å². The Kier molecular flexibility index (Phi) is 5.64. The smallest absolute Gasteiger partial charge is 0.144 e. The molecule has 2 heterocycles. The SMILES string of the molecule is N#Cc1ccc(CSc2nc(CN3CCOCC3)nc3ccccc23)cc1. The molecule has 0 bridgehead atoms. The van der Waals surface area contributed by atoms with E-state index in [9.17, 15) is 0 Å². The lowest BCUT2D eigenvalue weighted by Crippen LogP contribution is -2.36. The molecule has 0 aliphatic carbocycles. The van der Waals surface area contributed by atoms with Gasteiger partial charge in [-0.1, -0.05) is 30.3 Å². The fourth-order valence-corrected chi connectivity index (χ4v) is 4.05. The maximum Gasteiger partial charge on any atom is 0.144 e. The van der Waals surface area contributed by atoms with Gasteiger partial charge in [0.15, 0.2) is 0 Å². The van der Waals surface area contributed by atoms with Crippen LogP contribution in [0.1, 0.15) is 17.0 Å². The Bertz CT molecular complexity index is 962. The minimum absolute atomic E-state index is 0.684. The first-order valence-corrected chi connectivity index (χ1v) is 9.98. The fraction of sp³-hybridized carbons (Fsp3) is 0.286. The van der Waals surface area contributed by atoms with Gasteiger partial charge in [-0.25, -0.2) is 9.97 Å². The van der Waals surface area contributed by atoms with E-state index >= 15 is 0 Å². The second-order valence-electron chi connectivity index (χ2n) is 6.45. The quantitative estimate of drug-likeness (QED) is 0.501. The summed E-state index contributed by atoms with van der Waals surface area (Å²) in [5, 5.41) is 11.0. The van der Waals surface area contributed by atoms with Crippen molar-refractivity contribution in [2.45, 2.75) is 17.3 Å². The molecule has 1 aromatic heterocycles. The zero-order valence-corrected chi connectivity index (χ0v) is 15.8. The van der Waals surface area contributed by atoms with Gasteiger partial charge in [0.2, 0.25) is 0 Å². The molecule has 3 aromatic rings. The van der Waals surface area contributed by atoms with Gasteiger partial charge in [0.05, 0.1) is 36.9 Å². The van der Waals surface area contributed by atoms with E-state index in [4.69, 9.17) is 20.0 Å². The predicted molar refractivity (Wildman–Crippen MR) is 106 cm³/mol. The molecule has 4 rings (SSSR count). The molecule has 0 amide bonds. The number of nitriles is 1. The number of benzene rings is 2. The monoisotopic (exact) mass is 376 g/mol. The van der Waals surface area contributed by atoms with Crippen molar-refractivity contribution in [3.63, 3.8) is 0 Å². The highest BCUT2D eigenvalue weighted by Crippen LogP contribution is 2.28. The van der Waals surface area contributed by atoms with Gasteiger partial charge < -0.3 is 4.74 Å². The molecule has 1 aliphatic rings. The normalized spacial score (nSPS) is 14.9. The molecule has 5 nitrogen and oxygen atoms in total. The summed E-state index contributed by atoms with van der Waals surface area (Å²) in [5.41, 5.74) is 2.85. The molecular formula is C21H20N4OS. The summed E-state index contributed by atoms with van der Waals surface area (Å²) in [4.78, 5) is 12.0. The van der Waals surface area contributed by atoms with Crippen molar-refractivity contribution in [2.75, 3.05) is 26.3 Å². The molecule has 27 heavy (non-hydrogen) atoms. The van der Waals surface area contributed by atoms with Crippen LogP contribution in [0.2, 0.25) is 0 Å². The van der Waals surface area contributed by atoms with Crippen LogP contribution >= 0.6 is 11.8 Å². The third-order valence-electron chi connectivity index (χ3n) is 4.54. The number of ether oxygens (including phenoxy) is 1. The van der Waals surface area contributed by atoms with Crippen molar-refractivity contribution in [3.8, 4) is 6.07 Å². The molecule has 0 N–H and O–H groups in total. The molecule has 0 radical (unpaired) electrons. The van der Waals surface area contributed by atoms with E-state index in [0.29, 0.717) is 5.56 Å². The van der Waals surface area contributed by atoms with Gasteiger partial charge in [-0.05, 0) is 23.8 Å². The number of thioether (sulfide) groups is 1. The number of hydrogen-bond acceptors (Lipinski definition) is 6. The van der Waals surface area contributed by atoms with Crippen LogP contribution in [0.5, 0.6) is 0 Å². The van der Waals surface area contributed by atoms with Crippen molar-refractivity contribution in [3.05, 3.63) is 65.5 Å². The number of aromatic nitrogens is 2. The summed E-state index contributed by atoms with van der Waals surface area (Å²) in [7, 11) is 0. The zero-order valence-electron chi connectivity index (χ0n) is 15.0. The largest absolute Gasteiger partial charge is 0.379 e. The molecule has 2 aromatic carbocycles. The Morgan fingerprint density at radius 1 is 1.04 bits per heavy atom. The van der Waals surface area contributed by atoms with Gasteiger partial charge in [-0.15, -0.1) is 11.8 Å². The third kappa shape index (κ3) is 4.45. The van der Waals surface area contributed by atoms with Crippen LogP contribution in [-0.2, 0) is 17.0 Å².